The van der Waals surface area contributed by atoms with Gasteiger partial charge in [0.25, 0.3) is 0 Å². The molecule has 1 heterocycles. The highest BCUT2D eigenvalue weighted by Crippen LogP contribution is 2.11. The van der Waals surface area contributed by atoms with E-state index in [1.165, 1.54) is 5.56 Å². The molecule has 2 amide bonds. The van der Waals surface area contributed by atoms with E-state index in [2.05, 4.69) is 15.7 Å². The van der Waals surface area contributed by atoms with Crippen molar-refractivity contribution in [2.45, 2.75) is 26.7 Å². The Labute approximate surface area is 107 Å². The van der Waals surface area contributed by atoms with Crippen LogP contribution < -0.4 is 10.6 Å². The molecule has 0 radical (unpaired) electrons. The van der Waals surface area contributed by atoms with Crippen LogP contribution in [0, 0.1) is 13.8 Å². The highest BCUT2D eigenvalue weighted by Gasteiger charge is 2.09. The Kier molecular flexibility index (Phi) is 5.64. The van der Waals surface area contributed by atoms with Gasteiger partial charge in [0.15, 0.2) is 0 Å². The second kappa shape index (κ2) is 7.00. The van der Waals surface area contributed by atoms with Gasteiger partial charge in [0.05, 0.1) is 5.69 Å². The minimum atomic E-state index is -0.192. The van der Waals surface area contributed by atoms with Crippen molar-refractivity contribution in [2.24, 2.45) is 7.05 Å². The van der Waals surface area contributed by atoms with Crippen LogP contribution in [0.1, 0.15) is 23.4 Å². The predicted molar refractivity (Wildman–Crippen MR) is 69.5 cm³/mol. The Hall–Kier alpha value is -1.56. The van der Waals surface area contributed by atoms with Crippen LogP contribution in [0.15, 0.2) is 0 Å². The van der Waals surface area contributed by atoms with Gasteiger partial charge in [0.1, 0.15) is 0 Å². The molecule has 6 heteroatoms. The molecule has 18 heavy (non-hydrogen) atoms. The summed E-state index contributed by atoms with van der Waals surface area (Å²) in [4.78, 5) is 11.4. The van der Waals surface area contributed by atoms with Crippen LogP contribution in [0.3, 0.4) is 0 Å². The molecule has 0 aliphatic carbocycles. The Balaban J connectivity index is 2.31. The van der Waals surface area contributed by atoms with Crippen LogP contribution in [0.2, 0.25) is 0 Å². The van der Waals surface area contributed by atoms with Gasteiger partial charge in [-0.1, -0.05) is 0 Å². The third kappa shape index (κ3) is 4.03. The number of rotatable bonds is 6. The lowest BCUT2D eigenvalue weighted by Crippen LogP contribution is -2.37. The van der Waals surface area contributed by atoms with Gasteiger partial charge in [-0.15, -0.1) is 0 Å². The highest BCUT2D eigenvalue weighted by molar-refractivity contribution is 5.73. The van der Waals surface area contributed by atoms with E-state index >= 15 is 0 Å². The van der Waals surface area contributed by atoms with Crippen LogP contribution in [0.4, 0.5) is 4.79 Å². The molecule has 0 aliphatic heterocycles. The minimum Gasteiger partial charge on any atom is -0.396 e. The lowest BCUT2D eigenvalue weighted by atomic mass is 10.1. The monoisotopic (exact) mass is 254 g/mol. The number of aryl methyl sites for hydroxylation is 2. The molecular formula is C12H22N4O2. The van der Waals surface area contributed by atoms with Crippen LogP contribution in [0.25, 0.3) is 0 Å². The van der Waals surface area contributed by atoms with Crippen molar-refractivity contribution in [2.75, 3.05) is 19.7 Å². The number of aliphatic hydroxyl groups excluding tert-OH is 1. The van der Waals surface area contributed by atoms with Crippen molar-refractivity contribution in [3.63, 3.8) is 0 Å². The van der Waals surface area contributed by atoms with Crippen LogP contribution in [0.5, 0.6) is 0 Å². The maximum absolute atomic E-state index is 11.4. The maximum atomic E-state index is 11.4. The van der Waals surface area contributed by atoms with Gasteiger partial charge in [0, 0.05) is 32.4 Å². The van der Waals surface area contributed by atoms with Gasteiger partial charge in [-0.3, -0.25) is 4.68 Å². The van der Waals surface area contributed by atoms with Crippen molar-refractivity contribution in [3.05, 3.63) is 17.0 Å². The Morgan fingerprint density at radius 3 is 2.56 bits per heavy atom. The number of amides is 2. The molecule has 6 nitrogen and oxygen atoms in total. The fourth-order valence-electron chi connectivity index (χ4n) is 1.82. The fraction of sp³-hybridized carbons (Fsp3) is 0.667. The maximum Gasteiger partial charge on any atom is 0.314 e. The summed E-state index contributed by atoms with van der Waals surface area (Å²) in [7, 11) is 1.92. The number of urea groups is 1. The van der Waals surface area contributed by atoms with Gasteiger partial charge in [-0.05, 0) is 32.3 Å². The molecule has 0 saturated carbocycles. The molecule has 1 aromatic rings. The lowest BCUT2D eigenvalue weighted by molar-refractivity contribution is 0.238. The first kappa shape index (κ1) is 14.5. The molecule has 3 N–H and O–H groups in total. The number of nitrogens with one attached hydrogen (secondary N) is 2. The average molecular weight is 254 g/mol. The van der Waals surface area contributed by atoms with Crippen molar-refractivity contribution in [3.8, 4) is 0 Å². The second-order valence-electron chi connectivity index (χ2n) is 4.28. The number of hydrogen-bond acceptors (Lipinski definition) is 3. The summed E-state index contributed by atoms with van der Waals surface area (Å²) in [6.45, 7) is 5.17. The molecule has 0 unspecified atom stereocenters. The zero-order valence-corrected chi connectivity index (χ0v) is 11.3. The quantitative estimate of drug-likeness (QED) is 0.637. The molecule has 0 spiro atoms. The topological polar surface area (TPSA) is 79.2 Å². The van der Waals surface area contributed by atoms with E-state index in [0.717, 1.165) is 17.8 Å². The molecule has 0 saturated heterocycles. The average Bonchev–Trinajstić information content (AvgIpc) is 2.56. The predicted octanol–water partition coefficient (Wildman–Crippen LogP) is 0.261. The van der Waals surface area contributed by atoms with E-state index in [1.807, 2.05) is 25.6 Å². The van der Waals surface area contributed by atoms with Crippen LogP contribution >= 0.6 is 0 Å². The summed E-state index contributed by atoms with van der Waals surface area (Å²) in [5.41, 5.74) is 3.33. The first-order valence-corrected chi connectivity index (χ1v) is 6.18. The molecular weight excluding hydrogens is 232 g/mol. The molecule has 0 fully saturated rings. The molecule has 1 rings (SSSR count). The Bertz CT molecular complexity index is 401. The summed E-state index contributed by atoms with van der Waals surface area (Å²) in [5, 5.41) is 18.4. The van der Waals surface area contributed by atoms with E-state index in [-0.39, 0.29) is 12.6 Å². The van der Waals surface area contributed by atoms with Crippen LogP contribution in [-0.4, -0.2) is 40.6 Å². The summed E-state index contributed by atoms with van der Waals surface area (Å²) >= 11 is 0. The van der Waals surface area contributed by atoms with Crippen molar-refractivity contribution < 1.29 is 9.90 Å². The van der Waals surface area contributed by atoms with Crippen molar-refractivity contribution in [1.82, 2.24) is 20.4 Å². The van der Waals surface area contributed by atoms with E-state index < -0.39 is 0 Å². The number of aliphatic hydroxyl groups is 1. The van der Waals surface area contributed by atoms with Crippen molar-refractivity contribution >= 4 is 6.03 Å². The molecule has 0 aliphatic rings. The Morgan fingerprint density at radius 1 is 1.33 bits per heavy atom. The number of carbonyl (C=O) groups is 1. The van der Waals surface area contributed by atoms with E-state index in [4.69, 9.17) is 5.11 Å². The normalized spacial score (nSPS) is 10.4. The second-order valence-corrected chi connectivity index (χ2v) is 4.28. The Morgan fingerprint density at radius 2 is 2.00 bits per heavy atom. The standard InChI is InChI=1S/C12H22N4O2/c1-9-11(10(2)16(3)15-9)5-7-14-12(18)13-6-4-8-17/h17H,4-8H2,1-3H3,(H2,13,14,18). The summed E-state index contributed by atoms with van der Waals surface area (Å²) in [6, 6.07) is -0.192. The molecule has 0 atom stereocenters. The van der Waals surface area contributed by atoms with Gasteiger partial charge in [-0.25, -0.2) is 4.79 Å². The van der Waals surface area contributed by atoms with Crippen molar-refractivity contribution in [1.29, 1.82) is 0 Å². The van der Waals surface area contributed by atoms with Gasteiger partial charge < -0.3 is 15.7 Å². The van der Waals surface area contributed by atoms with E-state index in [1.54, 1.807) is 0 Å². The third-order valence-corrected chi connectivity index (χ3v) is 2.94. The molecule has 0 aromatic carbocycles. The first-order chi connectivity index (χ1) is 8.56. The zero-order chi connectivity index (χ0) is 13.5. The fourth-order valence-corrected chi connectivity index (χ4v) is 1.82. The number of carbonyl (C=O) groups excluding carboxylic acids is 1. The minimum absolute atomic E-state index is 0.0916. The zero-order valence-electron chi connectivity index (χ0n) is 11.3. The first-order valence-electron chi connectivity index (χ1n) is 6.18. The summed E-state index contributed by atoms with van der Waals surface area (Å²) in [6.07, 6.45) is 1.35. The van der Waals surface area contributed by atoms with Gasteiger partial charge in [0.2, 0.25) is 0 Å². The molecule has 1 aromatic heterocycles. The number of hydrogen-bond donors (Lipinski definition) is 3. The highest BCUT2D eigenvalue weighted by atomic mass is 16.3. The largest absolute Gasteiger partial charge is 0.396 e. The van der Waals surface area contributed by atoms with Gasteiger partial charge >= 0.3 is 6.03 Å². The smallest absolute Gasteiger partial charge is 0.314 e. The number of aromatic nitrogens is 2. The summed E-state index contributed by atoms with van der Waals surface area (Å²) in [5.74, 6) is 0. The van der Waals surface area contributed by atoms with E-state index in [0.29, 0.717) is 19.5 Å². The molecule has 0 bridgehead atoms. The summed E-state index contributed by atoms with van der Waals surface area (Å²) < 4.78 is 1.85. The lowest BCUT2D eigenvalue weighted by Gasteiger charge is -2.07. The van der Waals surface area contributed by atoms with Gasteiger partial charge in [-0.2, -0.15) is 5.10 Å². The SMILES string of the molecule is Cc1nn(C)c(C)c1CCNC(=O)NCCCO. The third-order valence-electron chi connectivity index (χ3n) is 2.94. The van der Waals surface area contributed by atoms with Crippen LogP contribution in [-0.2, 0) is 13.5 Å². The van der Waals surface area contributed by atoms with E-state index in [9.17, 15) is 4.79 Å². The number of nitrogens with zero attached hydrogens (tertiary/aromatic N) is 2. The molecule has 102 valence electrons.